The van der Waals surface area contributed by atoms with Crippen molar-refractivity contribution in [3.63, 3.8) is 0 Å². The molecule has 0 spiro atoms. The molecular formula is C16H19FN2O2S. The Kier molecular flexibility index (Phi) is 4.93. The molecule has 0 fully saturated rings. The Hall–Kier alpha value is -1.79. The van der Waals surface area contributed by atoms with Crippen molar-refractivity contribution in [2.45, 2.75) is 38.8 Å². The Bertz CT molecular complexity index is 670. The van der Waals surface area contributed by atoms with Crippen LogP contribution in [0.2, 0.25) is 0 Å². The number of aliphatic hydroxyl groups excluding tert-OH is 1. The van der Waals surface area contributed by atoms with Gasteiger partial charge in [-0.3, -0.25) is 4.79 Å². The molecule has 1 atom stereocenters. The summed E-state index contributed by atoms with van der Waals surface area (Å²) in [6.45, 7) is 5.61. The van der Waals surface area contributed by atoms with Crippen LogP contribution in [-0.2, 0) is 10.3 Å². The van der Waals surface area contributed by atoms with Crippen LogP contribution < -0.4 is 5.32 Å². The average molecular weight is 322 g/mol. The minimum atomic E-state index is -1.04. The zero-order valence-electron chi connectivity index (χ0n) is 12.8. The van der Waals surface area contributed by atoms with Crippen molar-refractivity contribution in [1.29, 1.82) is 0 Å². The monoisotopic (exact) mass is 322 g/mol. The molecule has 0 saturated heterocycles. The number of aliphatic hydroxyl groups is 1. The highest BCUT2D eigenvalue weighted by molar-refractivity contribution is 7.09. The van der Waals surface area contributed by atoms with Crippen LogP contribution in [-0.4, -0.2) is 16.0 Å². The number of aromatic nitrogens is 1. The van der Waals surface area contributed by atoms with Crippen molar-refractivity contribution in [1.82, 2.24) is 10.3 Å². The smallest absolute Gasteiger partial charge is 0.223 e. The average Bonchev–Trinajstić information content (AvgIpc) is 2.85. The van der Waals surface area contributed by atoms with Gasteiger partial charge in [-0.25, -0.2) is 9.37 Å². The fourth-order valence-corrected chi connectivity index (χ4v) is 2.98. The van der Waals surface area contributed by atoms with Gasteiger partial charge in [-0.15, -0.1) is 11.3 Å². The van der Waals surface area contributed by atoms with E-state index in [1.165, 1.54) is 29.5 Å². The van der Waals surface area contributed by atoms with E-state index in [-0.39, 0.29) is 12.3 Å². The van der Waals surface area contributed by atoms with E-state index in [0.29, 0.717) is 5.56 Å². The Balaban J connectivity index is 2.00. The molecule has 4 nitrogen and oxygen atoms in total. The van der Waals surface area contributed by atoms with E-state index < -0.39 is 17.5 Å². The number of carbonyl (C=O) groups excluding carboxylic acids is 1. The van der Waals surface area contributed by atoms with Crippen molar-refractivity contribution in [2.75, 3.05) is 0 Å². The summed E-state index contributed by atoms with van der Waals surface area (Å²) >= 11 is 1.48. The first kappa shape index (κ1) is 16.6. The van der Waals surface area contributed by atoms with Crippen molar-refractivity contribution in [2.24, 2.45) is 0 Å². The maximum atomic E-state index is 13.1. The number of halogens is 1. The van der Waals surface area contributed by atoms with Gasteiger partial charge in [0.05, 0.1) is 18.1 Å². The van der Waals surface area contributed by atoms with E-state index >= 15 is 0 Å². The van der Waals surface area contributed by atoms with Crippen LogP contribution in [0.3, 0.4) is 0 Å². The zero-order chi connectivity index (χ0) is 16.3. The normalized spacial score (nSPS) is 13.0. The molecule has 2 N–H and O–H groups in total. The fraction of sp³-hybridized carbons (Fsp3) is 0.375. The van der Waals surface area contributed by atoms with Gasteiger partial charge in [-0.1, -0.05) is 12.1 Å². The van der Waals surface area contributed by atoms with E-state index in [4.69, 9.17) is 0 Å². The number of hydrogen-bond acceptors (Lipinski definition) is 4. The van der Waals surface area contributed by atoms with E-state index in [1.54, 1.807) is 6.07 Å². The number of nitrogens with one attached hydrogen (secondary N) is 1. The van der Waals surface area contributed by atoms with Crippen molar-refractivity contribution < 1.29 is 14.3 Å². The lowest BCUT2D eigenvalue weighted by Gasteiger charge is -2.24. The lowest BCUT2D eigenvalue weighted by Crippen LogP contribution is -2.41. The van der Waals surface area contributed by atoms with Crippen LogP contribution in [0.1, 0.15) is 42.6 Å². The highest BCUT2D eigenvalue weighted by Crippen LogP contribution is 2.25. The first-order valence-corrected chi connectivity index (χ1v) is 7.83. The number of benzene rings is 1. The summed E-state index contributed by atoms with van der Waals surface area (Å²) < 4.78 is 13.1. The standard InChI is InChI=1S/C16H19FN2O2S/c1-10-9-22-15(18-10)16(2,3)19-14(21)8-13(20)11-5-4-6-12(17)7-11/h4-7,9,13,20H,8H2,1-3H3,(H,19,21). The summed E-state index contributed by atoms with van der Waals surface area (Å²) in [5, 5.41) is 15.6. The third-order valence-electron chi connectivity index (χ3n) is 3.22. The van der Waals surface area contributed by atoms with Crippen LogP contribution in [0.5, 0.6) is 0 Å². The number of carbonyl (C=O) groups is 1. The summed E-state index contributed by atoms with van der Waals surface area (Å²) in [6.07, 6.45) is -1.17. The summed E-state index contributed by atoms with van der Waals surface area (Å²) in [5.41, 5.74) is 0.678. The molecule has 1 aromatic carbocycles. The molecule has 2 aromatic rings. The molecule has 1 aromatic heterocycles. The van der Waals surface area contributed by atoms with Crippen molar-refractivity contribution >= 4 is 17.2 Å². The molecule has 0 aliphatic heterocycles. The number of aryl methyl sites for hydroxylation is 1. The second-order valence-corrected chi connectivity index (χ2v) is 6.60. The van der Waals surface area contributed by atoms with Gasteiger partial charge in [0.15, 0.2) is 0 Å². The van der Waals surface area contributed by atoms with Gasteiger partial charge in [0, 0.05) is 11.1 Å². The second-order valence-electron chi connectivity index (χ2n) is 5.74. The maximum absolute atomic E-state index is 13.1. The molecule has 0 radical (unpaired) electrons. The molecule has 1 heterocycles. The zero-order valence-corrected chi connectivity index (χ0v) is 13.6. The Morgan fingerprint density at radius 1 is 1.50 bits per heavy atom. The van der Waals surface area contributed by atoms with Gasteiger partial charge in [0.25, 0.3) is 0 Å². The third kappa shape index (κ3) is 4.11. The summed E-state index contributed by atoms with van der Waals surface area (Å²) in [6, 6.07) is 5.63. The molecule has 6 heteroatoms. The van der Waals surface area contributed by atoms with Crippen LogP contribution >= 0.6 is 11.3 Å². The fourth-order valence-electron chi connectivity index (χ4n) is 2.10. The SMILES string of the molecule is Cc1csc(C(C)(C)NC(=O)CC(O)c2cccc(F)c2)n1. The molecule has 0 saturated carbocycles. The van der Waals surface area contributed by atoms with Crippen molar-refractivity contribution in [3.8, 4) is 0 Å². The number of thiazole rings is 1. The molecule has 22 heavy (non-hydrogen) atoms. The van der Waals surface area contributed by atoms with Gasteiger partial charge in [0.2, 0.25) is 5.91 Å². The van der Waals surface area contributed by atoms with Crippen LogP contribution in [0, 0.1) is 12.7 Å². The predicted molar refractivity (Wildman–Crippen MR) is 84.0 cm³/mol. The van der Waals surface area contributed by atoms with E-state index in [9.17, 15) is 14.3 Å². The van der Waals surface area contributed by atoms with Gasteiger partial charge in [0.1, 0.15) is 10.8 Å². The molecule has 0 aliphatic carbocycles. The Morgan fingerprint density at radius 3 is 2.82 bits per heavy atom. The molecular weight excluding hydrogens is 303 g/mol. The summed E-state index contributed by atoms with van der Waals surface area (Å²) in [5.74, 6) is -0.745. The maximum Gasteiger partial charge on any atom is 0.223 e. The van der Waals surface area contributed by atoms with E-state index in [0.717, 1.165) is 10.7 Å². The van der Waals surface area contributed by atoms with E-state index in [1.807, 2.05) is 26.2 Å². The third-order valence-corrected chi connectivity index (χ3v) is 4.50. The topological polar surface area (TPSA) is 62.2 Å². The first-order chi connectivity index (χ1) is 10.3. The molecule has 118 valence electrons. The summed E-state index contributed by atoms with van der Waals surface area (Å²) in [4.78, 5) is 16.5. The highest BCUT2D eigenvalue weighted by atomic mass is 32.1. The second kappa shape index (κ2) is 6.54. The number of amides is 1. The molecule has 1 amide bonds. The van der Waals surface area contributed by atoms with Gasteiger partial charge < -0.3 is 10.4 Å². The number of nitrogens with zero attached hydrogens (tertiary/aromatic N) is 1. The van der Waals surface area contributed by atoms with Gasteiger partial charge in [-0.05, 0) is 38.5 Å². The predicted octanol–water partition coefficient (Wildman–Crippen LogP) is 3.07. The molecule has 0 aliphatic rings. The molecule has 1 unspecified atom stereocenters. The van der Waals surface area contributed by atoms with Crippen molar-refractivity contribution in [3.05, 3.63) is 51.7 Å². The van der Waals surface area contributed by atoms with Crippen LogP contribution in [0.15, 0.2) is 29.6 Å². The van der Waals surface area contributed by atoms with E-state index in [2.05, 4.69) is 10.3 Å². The van der Waals surface area contributed by atoms with Crippen LogP contribution in [0.25, 0.3) is 0 Å². The highest BCUT2D eigenvalue weighted by Gasteiger charge is 2.27. The lowest BCUT2D eigenvalue weighted by molar-refractivity contribution is -0.124. The molecule has 0 bridgehead atoms. The lowest BCUT2D eigenvalue weighted by atomic mass is 10.0. The van der Waals surface area contributed by atoms with Crippen LogP contribution in [0.4, 0.5) is 4.39 Å². The molecule has 2 rings (SSSR count). The van der Waals surface area contributed by atoms with Gasteiger partial charge in [-0.2, -0.15) is 0 Å². The first-order valence-electron chi connectivity index (χ1n) is 6.95. The minimum absolute atomic E-state index is 0.128. The van der Waals surface area contributed by atoms with Gasteiger partial charge >= 0.3 is 0 Å². The Morgan fingerprint density at radius 2 is 2.23 bits per heavy atom. The quantitative estimate of drug-likeness (QED) is 0.889. The summed E-state index contributed by atoms with van der Waals surface area (Å²) in [7, 11) is 0. The number of rotatable bonds is 5. The largest absolute Gasteiger partial charge is 0.388 e. The number of hydrogen-bond donors (Lipinski definition) is 2. The Labute approximate surface area is 133 Å². The minimum Gasteiger partial charge on any atom is -0.388 e.